The lowest BCUT2D eigenvalue weighted by atomic mass is 9.89. The highest BCUT2D eigenvalue weighted by Crippen LogP contribution is 2.42. The summed E-state index contributed by atoms with van der Waals surface area (Å²) in [5.74, 6) is -0.164. The second kappa shape index (κ2) is 1.84. The standard InChI is InChI=1S/C8H10O2/c9-8(10)7-4-5-1-2-6(7)3-5/h3,5,7H,1-2,4H2,(H,9,10). The van der Waals surface area contributed by atoms with E-state index in [1.807, 2.05) is 0 Å². The summed E-state index contributed by atoms with van der Waals surface area (Å²) >= 11 is 0. The van der Waals surface area contributed by atoms with Crippen molar-refractivity contribution in [2.75, 3.05) is 0 Å². The van der Waals surface area contributed by atoms with Crippen LogP contribution < -0.4 is 0 Å². The highest BCUT2D eigenvalue weighted by molar-refractivity contribution is 5.74. The summed E-state index contributed by atoms with van der Waals surface area (Å²) in [5, 5.41) is 8.69. The molecule has 54 valence electrons. The van der Waals surface area contributed by atoms with Gasteiger partial charge in [0.05, 0.1) is 5.92 Å². The van der Waals surface area contributed by atoms with Gasteiger partial charge < -0.3 is 5.11 Å². The van der Waals surface area contributed by atoms with Gasteiger partial charge in [0, 0.05) is 0 Å². The first-order chi connectivity index (χ1) is 4.77. The number of carboxylic acid groups (broad SMARTS) is 1. The molecule has 2 unspecified atom stereocenters. The van der Waals surface area contributed by atoms with Gasteiger partial charge in [-0.05, 0) is 25.2 Å². The van der Waals surface area contributed by atoms with Crippen molar-refractivity contribution in [2.24, 2.45) is 11.8 Å². The quantitative estimate of drug-likeness (QED) is 0.556. The molecule has 10 heavy (non-hydrogen) atoms. The summed E-state index contributed by atoms with van der Waals surface area (Å²) in [6.45, 7) is 0. The topological polar surface area (TPSA) is 37.3 Å². The van der Waals surface area contributed by atoms with Crippen molar-refractivity contribution in [2.45, 2.75) is 19.3 Å². The van der Waals surface area contributed by atoms with E-state index in [0.717, 1.165) is 12.8 Å². The SMILES string of the molecule is O=C(O)C1CC2C=C1CC2. The number of hydrogen-bond donors (Lipinski definition) is 1. The van der Waals surface area contributed by atoms with Crippen LogP contribution in [0.3, 0.4) is 0 Å². The van der Waals surface area contributed by atoms with Gasteiger partial charge in [-0.25, -0.2) is 0 Å². The highest BCUT2D eigenvalue weighted by atomic mass is 16.4. The van der Waals surface area contributed by atoms with E-state index >= 15 is 0 Å². The largest absolute Gasteiger partial charge is 0.481 e. The predicted octanol–water partition coefficient (Wildman–Crippen LogP) is 1.43. The Labute approximate surface area is 59.5 Å². The van der Waals surface area contributed by atoms with Gasteiger partial charge in [-0.3, -0.25) is 4.79 Å². The minimum absolute atomic E-state index is 0.126. The number of hydrogen-bond acceptors (Lipinski definition) is 1. The molecule has 0 saturated carbocycles. The van der Waals surface area contributed by atoms with Crippen LogP contribution in [0.4, 0.5) is 0 Å². The maximum Gasteiger partial charge on any atom is 0.310 e. The third kappa shape index (κ3) is 0.681. The van der Waals surface area contributed by atoms with Crippen molar-refractivity contribution >= 4 is 5.97 Å². The predicted molar refractivity (Wildman–Crippen MR) is 36.5 cm³/mol. The van der Waals surface area contributed by atoms with Gasteiger partial charge in [-0.2, -0.15) is 0 Å². The molecule has 0 aromatic heterocycles. The summed E-state index contributed by atoms with van der Waals surface area (Å²) < 4.78 is 0. The lowest BCUT2D eigenvalue weighted by Gasteiger charge is -2.15. The Morgan fingerprint density at radius 2 is 2.50 bits per heavy atom. The zero-order valence-corrected chi connectivity index (χ0v) is 5.71. The molecule has 2 nitrogen and oxygen atoms in total. The molecule has 0 aromatic carbocycles. The Hall–Kier alpha value is -0.790. The zero-order chi connectivity index (χ0) is 7.14. The average Bonchev–Trinajstić information content (AvgIpc) is 2.44. The van der Waals surface area contributed by atoms with Crippen LogP contribution in [0.2, 0.25) is 0 Å². The minimum Gasteiger partial charge on any atom is -0.481 e. The molecule has 0 spiro atoms. The van der Waals surface area contributed by atoms with Crippen LogP contribution >= 0.6 is 0 Å². The van der Waals surface area contributed by atoms with Crippen LogP contribution in [-0.2, 0) is 4.79 Å². The van der Waals surface area contributed by atoms with Crippen molar-refractivity contribution in [1.82, 2.24) is 0 Å². The Bertz CT molecular complexity index is 205. The van der Waals surface area contributed by atoms with Crippen LogP contribution in [0.25, 0.3) is 0 Å². The molecule has 0 aliphatic heterocycles. The molecule has 0 aromatic rings. The number of carboxylic acids is 1. The first kappa shape index (κ1) is 5.96. The van der Waals surface area contributed by atoms with E-state index in [4.69, 9.17) is 5.11 Å². The molecule has 1 N–H and O–H groups in total. The fraction of sp³-hybridized carbons (Fsp3) is 0.625. The van der Waals surface area contributed by atoms with Crippen LogP contribution in [0.5, 0.6) is 0 Å². The Kier molecular flexibility index (Phi) is 1.10. The lowest BCUT2D eigenvalue weighted by molar-refractivity contribution is -0.140. The van der Waals surface area contributed by atoms with Gasteiger partial charge in [0.1, 0.15) is 0 Å². The molecule has 0 saturated heterocycles. The first-order valence-corrected chi connectivity index (χ1v) is 3.71. The van der Waals surface area contributed by atoms with Gasteiger partial charge in [0.2, 0.25) is 0 Å². The van der Waals surface area contributed by atoms with Gasteiger partial charge in [-0.15, -0.1) is 0 Å². The summed E-state index contributed by atoms with van der Waals surface area (Å²) in [6, 6.07) is 0. The van der Waals surface area contributed by atoms with E-state index in [1.165, 1.54) is 12.0 Å². The summed E-state index contributed by atoms with van der Waals surface area (Å²) in [7, 11) is 0. The maximum absolute atomic E-state index is 10.6. The van der Waals surface area contributed by atoms with E-state index in [2.05, 4.69) is 6.08 Å². The molecular weight excluding hydrogens is 128 g/mol. The number of carbonyl (C=O) groups is 1. The molecule has 2 bridgehead atoms. The van der Waals surface area contributed by atoms with Gasteiger partial charge in [-0.1, -0.05) is 11.6 Å². The number of fused-ring (bicyclic) bond motifs is 1. The van der Waals surface area contributed by atoms with Crippen molar-refractivity contribution in [3.63, 3.8) is 0 Å². The molecule has 0 heterocycles. The molecule has 0 fully saturated rings. The molecule has 2 rings (SSSR count). The second-order valence-electron chi connectivity index (χ2n) is 3.17. The molecule has 2 heteroatoms. The van der Waals surface area contributed by atoms with E-state index in [0.29, 0.717) is 5.92 Å². The molecular formula is C8H10O2. The van der Waals surface area contributed by atoms with Crippen molar-refractivity contribution in [1.29, 1.82) is 0 Å². The van der Waals surface area contributed by atoms with Gasteiger partial charge in [0.15, 0.2) is 0 Å². The van der Waals surface area contributed by atoms with Crippen LogP contribution in [0.15, 0.2) is 11.6 Å². The Balaban J connectivity index is 2.17. The number of rotatable bonds is 1. The minimum atomic E-state index is -0.631. The van der Waals surface area contributed by atoms with Crippen molar-refractivity contribution in [3.05, 3.63) is 11.6 Å². The smallest absolute Gasteiger partial charge is 0.310 e. The van der Waals surface area contributed by atoms with E-state index in [-0.39, 0.29) is 5.92 Å². The third-order valence-corrected chi connectivity index (χ3v) is 2.54. The van der Waals surface area contributed by atoms with Gasteiger partial charge in [0.25, 0.3) is 0 Å². The van der Waals surface area contributed by atoms with Crippen LogP contribution in [-0.4, -0.2) is 11.1 Å². The fourth-order valence-corrected chi connectivity index (χ4v) is 2.01. The second-order valence-corrected chi connectivity index (χ2v) is 3.17. The molecule has 2 aliphatic carbocycles. The van der Waals surface area contributed by atoms with Gasteiger partial charge >= 0.3 is 5.97 Å². The molecule has 0 amide bonds. The summed E-state index contributed by atoms with van der Waals surface area (Å²) in [4.78, 5) is 10.6. The maximum atomic E-state index is 10.6. The molecule has 0 radical (unpaired) electrons. The molecule has 2 atom stereocenters. The zero-order valence-electron chi connectivity index (χ0n) is 5.71. The number of aliphatic carboxylic acids is 1. The lowest BCUT2D eigenvalue weighted by Crippen LogP contribution is -2.17. The fourth-order valence-electron chi connectivity index (χ4n) is 2.01. The van der Waals surface area contributed by atoms with Crippen LogP contribution in [0, 0.1) is 11.8 Å². The average molecular weight is 138 g/mol. The highest BCUT2D eigenvalue weighted by Gasteiger charge is 2.35. The Morgan fingerprint density at radius 1 is 1.70 bits per heavy atom. The van der Waals surface area contributed by atoms with E-state index in [9.17, 15) is 4.79 Å². The third-order valence-electron chi connectivity index (χ3n) is 2.54. The Morgan fingerprint density at radius 3 is 2.80 bits per heavy atom. The van der Waals surface area contributed by atoms with Crippen molar-refractivity contribution < 1.29 is 9.90 Å². The summed E-state index contributed by atoms with van der Waals surface area (Å²) in [5.41, 5.74) is 1.18. The summed E-state index contributed by atoms with van der Waals surface area (Å²) in [6.07, 6.45) is 5.24. The molecule has 2 aliphatic rings. The van der Waals surface area contributed by atoms with E-state index < -0.39 is 5.97 Å². The van der Waals surface area contributed by atoms with Crippen molar-refractivity contribution in [3.8, 4) is 0 Å². The van der Waals surface area contributed by atoms with E-state index in [1.54, 1.807) is 0 Å². The van der Waals surface area contributed by atoms with Crippen LogP contribution in [0.1, 0.15) is 19.3 Å². The monoisotopic (exact) mass is 138 g/mol. The first-order valence-electron chi connectivity index (χ1n) is 3.71. The normalized spacial score (nSPS) is 36.2. The number of allylic oxidation sites excluding steroid dienone is 1.